The Balaban J connectivity index is 2.48. The highest BCUT2D eigenvalue weighted by atomic mass is 28.4. The molecule has 43 heavy (non-hydrogen) atoms. The van der Waals surface area contributed by atoms with E-state index in [1.807, 2.05) is 111 Å². The number of nitrogens with zero attached hydrogens (tertiary/aromatic N) is 1. The van der Waals surface area contributed by atoms with Gasteiger partial charge in [-0.15, -0.1) is 0 Å². The lowest BCUT2D eigenvalue weighted by atomic mass is 9.89. The Morgan fingerprint density at radius 1 is 0.860 bits per heavy atom. The first-order valence-corrected chi connectivity index (χ1v) is 18.7. The average Bonchev–Trinajstić information content (AvgIpc) is 2.80. The molecule has 1 saturated carbocycles. The second-order valence-corrected chi connectivity index (χ2v) is 18.5. The topological polar surface area (TPSA) is 98.4 Å². The van der Waals surface area contributed by atoms with E-state index in [9.17, 15) is 9.59 Å². The van der Waals surface area contributed by atoms with Crippen LogP contribution in [0.4, 0.5) is 9.59 Å². The van der Waals surface area contributed by atoms with E-state index < -0.39 is 49.7 Å². The first-order chi connectivity index (χ1) is 19.7. The van der Waals surface area contributed by atoms with Crippen molar-refractivity contribution in [2.75, 3.05) is 13.1 Å². The van der Waals surface area contributed by atoms with Crippen LogP contribution in [-0.4, -0.2) is 67.8 Å². The van der Waals surface area contributed by atoms with Crippen LogP contribution in [0.1, 0.15) is 100.0 Å². The molecule has 1 aliphatic carbocycles. The van der Waals surface area contributed by atoms with E-state index in [0.29, 0.717) is 25.4 Å². The first-order valence-electron chi connectivity index (χ1n) is 15.9. The zero-order valence-electron chi connectivity index (χ0n) is 28.7. The van der Waals surface area contributed by atoms with E-state index in [1.54, 1.807) is 0 Å². The lowest BCUT2D eigenvalue weighted by Gasteiger charge is -2.40. The number of carbonyl (C=O) groups is 2. The molecule has 2 amide bonds. The van der Waals surface area contributed by atoms with Crippen molar-refractivity contribution in [1.82, 2.24) is 15.8 Å². The summed E-state index contributed by atoms with van der Waals surface area (Å²) in [7, 11) is -2.74. The fraction of sp³-hybridized carbons (Fsp3) is 0.758. The van der Waals surface area contributed by atoms with Crippen LogP contribution in [-0.2, 0) is 24.7 Å². The van der Waals surface area contributed by atoms with E-state index in [4.69, 9.17) is 18.3 Å². The number of nitrogens with one attached hydrogen (secondary N) is 2. The normalized spacial score (nSPS) is 16.8. The molecule has 246 valence electrons. The van der Waals surface area contributed by atoms with Crippen molar-refractivity contribution in [2.24, 2.45) is 5.92 Å². The number of carbonyl (C=O) groups excluding carboxylic acids is 2. The highest BCUT2D eigenvalue weighted by Gasteiger charge is 2.39. The molecule has 0 heterocycles. The minimum Gasteiger partial charge on any atom is -0.444 e. The van der Waals surface area contributed by atoms with Gasteiger partial charge in [0.15, 0.2) is 0 Å². The predicted molar refractivity (Wildman–Crippen MR) is 174 cm³/mol. The van der Waals surface area contributed by atoms with Crippen LogP contribution < -0.4 is 10.7 Å². The van der Waals surface area contributed by atoms with E-state index in [1.165, 1.54) is 19.3 Å². The van der Waals surface area contributed by atoms with Crippen molar-refractivity contribution >= 4 is 20.7 Å². The van der Waals surface area contributed by atoms with Gasteiger partial charge in [-0.3, -0.25) is 5.43 Å². The Bertz CT molecular complexity index is 995. The maximum Gasteiger partial charge on any atom is 0.422 e. The molecule has 1 aromatic carbocycles. The summed E-state index contributed by atoms with van der Waals surface area (Å²) in [5.74, 6) is 0.437. The number of hydrazine groups is 1. The van der Waals surface area contributed by atoms with Crippen LogP contribution in [0.25, 0.3) is 0 Å². The van der Waals surface area contributed by atoms with Crippen molar-refractivity contribution in [2.45, 2.75) is 143 Å². The lowest BCUT2D eigenvalue weighted by molar-refractivity contribution is -0.00578. The second kappa shape index (κ2) is 15.7. The molecule has 1 fully saturated rings. The van der Waals surface area contributed by atoms with E-state index in [-0.39, 0.29) is 0 Å². The van der Waals surface area contributed by atoms with Gasteiger partial charge in [-0.1, -0.05) is 49.6 Å². The fourth-order valence-corrected chi connectivity index (χ4v) is 7.96. The molecular formula is C33H59N3O6Si. The summed E-state index contributed by atoms with van der Waals surface area (Å²) >= 11 is 0. The summed E-state index contributed by atoms with van der Waals surface area (Å²) in [6, 6.07) is 9.54. The third kappa shape index (κ3) is 16.5. The van der Waals surface area contributed by atoms with Crippen molar-refractivity contribution < 1.29 is 27.9 Å². The Labute approximate surface area is 262 Å². The molecule has 9 nitrogen and oxygen atoms in total. The van der Waals surface area contributed by atoms with Gasteiger partial charge in [-0.2, -0.15) is 0 Å². The van der Waals surface area contributed by atoms with Crippen LogP contribution in [0.15, 0.2) is 30.3 Å². The molecule has 0 spiro atoms. The highest BCUT2D eigenvalue weighted by Crippen LogP contribution is 2.26. The number of ether oxygens (including phenoxy) is 2. The summed E-state index contributed by atoms with van der Waals surface area (Å²) in [5.41, 5.74) is 2.36. The summed E-state index contributed by atoms with van der Waals surface area (Å²) in [6.45, 7) is 22.1. The van der Waals surface area contributed by atoms with Gasteiger partial charge < -0.3 is 23.6 Å². The Morgan fingerprint density at radius 2 is 1.42 bits per heavy atom. The molecule has 0 radical (unpaired) electrons. The highest BCUT2D eigenvalue weighted by molar-refractivity contribution is 6.64. The van der Waals surface area contributed by atoms with E-state index in [2.05, 4.69) is 10.7 Å². The molecule has 10 heteroatoms. The molecule has 2 N–H and O–H groups in total. The molecule has 0 aromatic heterocycles. The zero-order valence-corrected chi connectivity index (χ0v) is 29.7. The van der Waals surface area contributed by atoms with Gasteiger partial charge in [0.25, 0.3) is 0 Å². The van der Waals surface area contributed by atoms with Gasteiger partial charge in [0.05, 0.1) is 17.7 Å². The molecule has 0 saturated heterocycles. The first kappa shape index (κ1) is 37.0. The SMILES string of the molecule is CC(C)(C)OC(=O)N[C@H](Cc1ccccc1)[C@@H](CN(CC1CCCCC1)NC(=O)OC(C)(C)C)O[Si](C)(C)OC(C)(C)C. The predicted octanol–water partition coefficient (Wildman–Crippen LogP) is 7.35. The van der Waals surface area contributed by atoms with Crippen molar-refractivity contribution in [1.29, 1.82) is 0 Å². The van der Waals surface area contributed by atoms with Gasteiger partial charge in [0.1, 0.15) is 11.2 Å². The molecular weight excluding hydrogens is 562 g/mol. The number of benzene rings is 1. The van der Waals surface area contributed by atoms with Gasteiger partial charge in [0.2, 0.25) is 0 Å². The monoisotopic (exact) mass is 621 g/mol. The maximum atomic E-state index is 13.2. The van der Waals surface area contributed by atoms with Gasteiger partial charge >= 0.3 is 20.7 Å². The second-order valence-electron chi connectivity index (χ2n) is 15.2. The van der Waals surface area contributed by atoms with Gasteiger partial charge in [-0.25, -0.2) is 14.6 Å². The number of hydrogen-bond acceptors (Lipinski definition) is 7. The third-order valence-corrected chi connectivity index (χ3v) is 8.66. The molecule has 2 rings (SSSR count). The standard InChI is InChI=1S/C33H59N3O6Si/c1-31(2,3)39-29(37)34-27(22-25-18-14-12-15-19-25)28(41-43(10,11)42-33(7,8)9)24-36(23-26-20-16-13-17-21-26)35-30(38)40-32(4,5)6/h12,14-15,18-19,26-28H,13,16-17,20-24H2,1-11H3,(H,34,37)(H,35,38)/t27-,28-/m1/s1. The molecule has 0 bridgehead atoms. The zero-order chi connectivity index (χ0) is 32.5. The van der Waals surface area contributed by atoms with Crippen LogP contribution in [0.5, 0.6) is 0 Å². The summed E-state index contributed by atoms with van der Waals surface area (Å²) in [5, 5.41) is 5.04. The molecule has 1 aliphatic rings. The van der Waals surface area contributed by atoms with Crippen molar-refractivity contribution in [3.63, 3.8) is 0 Å². The van der Waals surface area contributed by atoms with Gasteiger partial charge in [-0.05, 0) is 106 Å². The average molecular weight is 622 g/mol. The molecule has 0 aliphatic heterocycles. The number of alkyl carbamates (subject to hydrolysis) is 1. The lowest BCUT2D eigenvalue weighted by Crippen LogP contribution is -2.59. The summed E-state index contributed by atoms with van der Waals surface area (Å²) in [6.07, 6.45) is 4.77. The van der Waals surface area contributed by atoms with E-state index >= 15 is 0 Å². The fourth-order valence-electron chi connectivity index (χ4n) is 5.47. The number of hydrogen-bond donors (Lipinski definition) is 2. The minimum absolute atomic E-state index is 0.326. The van der Waals surface area contributed by atoms with E-state index in [0.717, 1.165) is 18.4 Å². The molecule has 2 atom stereocenters. The minimum atomic E-state index is -2.74. The summed E-state index contributed by atoms with van der Waals surface area (Å²) < 4.78 is 24.7. The Kier molecular flexibility index (Phi) is 13.5. The van der Waals surface area contributed by atoms with Crippen LogP contribution in [0.3, 0.4) is 0 Å². The quantitative estimate of drug-likeness (QED) is 0.186. The maximum absolute atomic E-state index is 13.2. The van der Waals surface area contributed by atoms with Crippen molar-refractivity contribution in [3.05, 3.63) is 35.9 Å². The molecule has 0 unspecified atom stereocenters. The molecule has 1 aromatic rings. The van der Waals surface area contributed by atoms with Crippen LogP contribution >= 0.6 is 0 Å². The summed E-state index contributed by atoms with van der Waals surface area (Å²) in [4.78, 5) is 26.2. The Morgan fingerprint density at radius 3 is 1.95 bits per heavy atom. The number of amides is 2. The van der Waals surface area contributed by atoms with Crippen molar-refractivity contribution in [3.8, 4) is 0 Å². The van der Waals surface area contributed by atoms with Gasteiger partial charge in [0, 0.05) is 13.1 Å². The van der Waals surface area contributed by atoms with Crippen LogP contribution in [0, 0.1) is 5.92 Å². The number of rotatable bonds is 12. The largest absolute Gasteiger partial charge is 0.444 e. The Hall–Kier alpha value is -2.14. The van der Waals surface area contributed by atoms with Crippen LogP contribution in [0.2, 0.25) is 13.1 Å². The smallest absolute Gasteiger partial charge is 0.422 e. The third-order valence-electron chi connectivity index (χ3n) is 6.69.